The van der Waals surface area contributed by atoms with Gasteiger partial charge in [0.25, 0.3) is 5.56 Å². The molecule has 0 saturated carbocycles. The van der Waals surface area contributed by atoms with Crippen molar-refractivity contribution in [1.29, 1.82) is 0 Å². The maximum atomic E-state index is 13.8. The average Bonchev–Trinajstić information content (AvgIpc) is 3.19. The molecule has 3 aromatic carbocycles. The van der Waals surface area contributed by atoms with Gasteiger partial charge in [0.05, 0.1) is 17.2 Å². The minimum Gasteiger partial charge on any atom is -0.296 e. The molecule has 0 saturated heterocycles. The molecular formula is C28H21FN6O. The summed E-state index contributed by atoms with van der Waals surface area (Å²) in [6.07, 6.45) is 2.29. The van der Waals surface area contributed by atoms with Crippen molar-refractivity contribution >= 4 is 39.4 Å². The molecule has 36 heavy (non-hydrogen) atoms. The standard InChI is InChI=1S/C28H21FN6O/c1-18-31-26-24(28(36)34(18)16-15-19-7-3-2-4-8-19)25-27(33-23-10-6-5-9-22(23)32-25)35(26)30-17-20-11-13-21(29)14-12-20/h2-14,17H,15-16H2,1H3/b30-17+. The van der Waals surface area contributed by atoms with E-state index >= 15 is 0 Å². The van der Waals surface area contributed by atoms with Crippen LogP contribution in [0.3, 0.4) is 0 Å². The van der Waals surface area contributed by atoms with Crippen LogP contribution in [0.5, 0.6) is 0 Å². The molecule has 6 rings (SSSR count). The number of hydrogen-bond acceptors (Lipinski definition) is 5. The van der Waals surface area contributed by atoms with Crippen molar-refractivity contribution in [3.05, 3.63) is 112 Å². The highest BCUT2D eigenvalue weighted by atomic mass is 19.1. The van der Waals surface area contributed by atoms with Crippen molar-refractivity contribution in [1.82, 2.24) is 24.2 Å². The monoisotopic (exact) mass is 476 g/mol. The number of rotatable bonds is 5. The smallest absolute Gasteiger partial charge is 0.265 e. The van der Waals surface area contributed by atoms with Crippen molar-refractivity contribution in [3.63, 3.8) is 0 Å². The second-order valence-electron chi connectivity index (χ2n) is 8.54. The lowest BCUT2D eigenvalue weighted by Crippen LogP contribution is -2.25. The zero-order valence-electron chi connectivity index (χ0n) is 19.5. The molecular weight excluding hydrogens is 455 g/mol. The summed E-state index contributed by atoms with van der Waals surface area (Å²) in [6, 6.07) is 23.5. The van der Waals surface area contributed by atoms with E-state index in [0.29, 0.717) is 57.6 Å². The maximum Gasteiger partial charge on any atom is 0.265 e. The SMILES string of the molecule is Cc1nc2c(c(=O)n1CCc1ccccc1)c1nc3ccccc3nc1n2/N=C/c1ccc(F)cc1. The van der Waals surface area contributed by atoms with Crippen LogP contribution in [0.25, 0.3) is 33.2 Å². The maximum absolute atomic E-state index is 13.8. The summed E-state index contributed by atoms with van der Waals surface area (Å²) in [4.78, 5) is 28.1. The second-order valence-corrected chi connectivity index (χ2v) is 8.54. The van der Waals surface area contributed by atoms with Gasteiger partial charge in [0.15, 0.2) is 11.3 Å². The third kappa shape index (κ3) is 3.82. The Bertz CT molecular complexity index is 1820. The van der Waals surface area contributed by atoms with Crippen LogP contribution in [0.4, 0.5) is 4.39 Å². The molecule has 0 aliphatic heterocycles. The Balaban J connectivity index is 1.57. The van der Waals surface area contributed by atoms with E-state index in [4.69, 9.17) is 15.0 Å². The molecule has 6 aromatic rings. The molecule has 0 N–H and O–H groups in total. The first-order valence-electron chi connectivity index (χ1n) is 11.6. The van der Waals surface area contributed by atoms with E-state index in [2.05, 4.69) is 5.10 Å². The summed E-state index contributed by atoms with van der Waals surface area (Å²) in [5, 5.41) is 4.96. The predicted octanol–water partition coefficient (Wildman–Crippen LogP) is 4.87. The molecule has 0 fully saturated rings. The number of benzene rings is 3. The number of hydrogen-bond donors (Lipinski definition) is 0. The third-order valence-corrected chi connectivity index (χ3v) is 6.19. The Hall–Kier alpha value is -4.72. The lowest BCUT2D eigenvalue weighted by atomic mass is 10.1. The van der Waals surface area contributed by atoms with Crippen LogP contribution in [0.1, 0.15) is 17.0 Å². The Morgan fingerprint density at radius 1 is 0.861 bits per heavy atom. The van der Waals surface area contributed by atoms with Crippen LogP contribution >= 0.6 is 0 Å². The Kier molecular flexibility index (Phi) is 5.33. The molecule has 0 bridgehead atoms. The van der Waals surface area contributed by atoms with E-state index in [0.717, 1.165) is 5.56 Å². The average molecular weight is 477 g/mol. The molecule has 0 aliphatic rings. The first-order valence-corrected chi connectivity index (χ1v) is 11.6. The van der Waals surface area contributed by atoms with Gasteiger partial charge < -0.3 is 0 Å². The highest BCUT2D eigenvalue weighted by Crippen LogP contribution is 2.25. The molecule has 0 spiro atoms. The van der Waals surface area contributed by atoms with Gasteiger partial charge in [-0.05, 0) is 48.7 Å². The predicted molar refractivity (Wildman–Crippen MR) is 139 cm³/mol. The zero-order chi connectivity index (χ0) is 24.6. The summed E-state index contributed by atoms with van der Waals surface area (Å²) in [6.45, 7) is 2.30. The molecule has 3 heterocycles. The van der Waals surface area contributed by atoms with Crippen molar-refractivity contribution in [3.8, 4) is 0 Å². The molecule has 0 amide bonds. The quantitative estimate of drug-likeness (QED) is 0.333. The summed E-state index contributed by atoms with van der Waals surface area (Å²) >= 11 is 0. The number of halogens is 1. The number of para-hydroxylation sites is 2. The number of fused-ring (bicyclic) bond motifs is 4. The van der Waals surface area contributed by atoms with Gasteiger partial charge in [-0.2, -0.15) is 9.78 Å². The van der Waals surface area contributed by atoms with Gasteiger partial charge >= 0.3 is 0 Å². The van der Waals surface area contributed by atoms with Gasteiger partial charge in [0, 0.05) is 6.54 Å². The molecule has 0 aliphatic carbocycles. The minimum atomic E-state index is -0.324. The number of nitrogens with zero attached hydrogens (tertiary/aromatic N) is 6. The van der Waals surface area contributed by atoms with Crippen molar-refractivity contribution in [2.24, 2.45) is 5.10 Å². The van der Waals surface area contributed by atoms with Crippen molar-refractivity contribution in [2.45, 2.75) is 19.9 Å². The van der Waals surface area contributed by atoms with Crippen LogP contribution < -0.4 is 5.56 Å². The largest absolute Gasteiger partial charge is 0.296 e. The lowest BCUT2D eigenvalue weighted by molar-refractivity contribution is 0.628. The minimum absolute atomic E-state index is 0.182. The van der Waals surface area contributed by atoms with Gasteiger partial charge in [0.2, 0.25) is 0 Å². The highest BCUT2D eigenvalue weighted by molar-refractivity contribution is 6.05. The normalized spacial score (nSPS) is 11.8. The molecule has 0 atom stereocenters. The highest BCUT2D eigenvalue weighted by Gasteiger charge is 2.21. The molecule has 3 aromatic heterocycles. The number of aromatic nitrogens is 5. The van der Waals surface area contributed by atoms with E-state index in [1.807, 2.05) is 61.5 Å². The lowest BCUT2D eigenvalue weighted by Gasteiger charge is -2.10. The summed E-state index contributed by atoms with van der Waals surface area (Å²) in [5.41, 5.74) is 4.30. The first kappa shape index (κ1) is 21.8. The van der Waals surface area contributed by atoms with Crippen LogP contribution in [0.15, 0.2) is 88.8 Å². The molecule has 8 heteroatoms. The Labute approximate surface area is 205 Å². The third-order valence-electron chi connectivity index (χ3n) is 6.19. The van der Waals surface area contributed by atoms with Crippen LogP contribution in [-0.2, 0) is 13.0 Å². The first-order chi connectivity index (χ1) is 17.6. The fourth-order valence-corrected chi connectivity index (χ4v) is 4.35. The van der Waals surface area contributed by atoms with Crippen LogP contribution in [-0.4, -0.2) is 30.4 Å². The second kappa shape index (κ2) is 8.81. The van der Waals surface area contributed by atoms with Crippen LogP contribution in [0.2, 0.25) is 0 Å². The zero-order valence-corrected chi connectivity index (χ0v) is 19.5. The van der Waals surface area contributed by atoms with E-state index in [-0.39, 0.29) is 11.4 Å². The fraction of sp³-hybridized carbons (Fsp3) is 0.107. The van der Waals surface area contributed by atoms with Gasteiger partial charge in [-0.3, -0.25) is 9.36 Å². The fourth-order valence-electron chi connectivity index (χ4n) is 4.35. The topological polar surface area (TPSA) is 78.0 Å². The van der Waals surface area contributed by atoms with E-state index in [1.165, 1.54) is 12.1 Å². The van der Waals surface area contributed by atoms with Gasteiger partial charge in [0.1, 0.15) is 22.5 Å². The summed E-state index contributed by atoms with van der Waals surface area (Å²) < 4.78 is 16.6. The van der Waals surface area contributed by atoms with Crippen molar-refractivity contribution < 1.29 is 4.39 Å². The summed E-state index contributed by atoms with van der Waals surface area (Å²) in [5.74, 6) is 0.253. The number of aryl methyl sites for hydroxylation is 2. The van der Waals surface area contributed by atoms with E-state index in [9.17, 15) is 9.18 Å². The van der Waals surface area contributed by atoms with Gasteiger partial charge in [-0.25, -0.2) is 19.3 Å². The Morgan fingerprint density at radius 3 is 2.31 bits per heavy atom. The van der Waals surface area contributed by atoms with E-state index < -0.39 is 0 Å². The van der Waals surface area contributed by atoms with Crippen LogP contribution in [0, 0.1) is 12.7 Å². The summed E-state index contributed by atoms with van der Waals surface area (Å²) in [7, 11) is 0. The molecule has 0 radical (unpaired) electrons. The Morgan fingerprint density at radius 2 is 1.56 bits per heavy atom. The van der Waals surface area contributed by atoms with Gasteiger partial charge in [-0.15, -0.1) is 0 Å². The van der Waals surface area contributed by atoms with Gasteiger partial charge in [-0.1, -0.05) is 54.6 Å². The molecule has 0 unspecified atom stereocenters. The molecule has 7 nitrogen and oxygen atoms in total. The molecule has 176 valence electrons. The van der Waals surface area contributed by atoms with Crippen molar-refractivity contribution in [2.75, 3.05) is 0 Å². The van der Waals surface area contributed by atoms with E-state index in [1.54, 1.807) is 27.6 Å².